The molecule has 0 amide bonds. The Kier molecular flexibility index (Phi) is 5.66. The first kappa shape index (κ1) is 15.7. The van der Waals surface area contributed by atoms with Crippen LogP contribution in [-0.4, -0.2) is 41.5 Å². The lowest BCUT2D eigenvalue weighted by Crippen LogP contribution is -2.86. The van der Waals surface area contributed by atoms with Crippen LogP contribution in [-0.2, 0) is 0 Å². The molecule has 0 aliphatic carbocycles. The van der Waals surface area contributed by atoms with Gasteiger partial charge in [0.05, 0.1) is 18.0 Å². The summed E-state index contributed by atoms with van der Waals surface area (Å²) in [7, 11) is 0. The zero-order valence-electron chi connectivity index (χ0n) is 12.2. The molecule has 0 saturated heterocycles. The van der Waals surface area contributed by atoms with Crippen molar-refractivity contribution >= 4 is 11.4 Å². The third kappa shape index (κ3) is 4.70. The van der Waals surface area contributed by atoms with E-state index in [1.165, 1.54) is 12.1 Å². The monoisotopic (exact) mass is 308 g/mol. The number of benzene rings is 1. The highest BCUT2D eigenvalue weighted by molar-refractivity contribution is 5.48. The maximum absolute atomic E-state index is 10.5. The molecular weight excluding hydrogens is 290 g/mol. The smallest absolute Gasteiger partial charge is 0.278 e. The Morgan fingerprint density at radius 2 is 2.09 bits per heavy atom. The van der Waals surface area contributed by atoms with Crippen molar-refractivity contribution in [2.24, 2.45) is 0 Å². The number of nitrogens with one attached hydrogen (secondary N) is 1. The van der Waals surface area contributed by atoms with E-state index in [1.807, 2.05) is 0 Å². The lowest BCUT2D eigenvalue weighted by Gasteiger charge is -2.06. The first-order valence-electron chi connectivity index (χ1n) is 6.89. The van der Waals surface area contributed by atoms with Gasteiger partial charge in [0.15, 0.2) is 0 Å². The van der Waals surface area contributed by atoms with Crippen LogP contribution in [0.1, 0.15) is 5.69 Å². The summed E-state index contributed by atoms with van der Waals surface area (Å²) in [6.07, 6.45) is 0. The molecule has 0 bridgehead atoms. The van der Waals surface area contributed by atoms with Gasteiger partial charge in [-0.2, -0.15) is 0 Å². The van der Waals surface area contributed by atoms with E-state index in [0.29, 0.717) is 18.2 Å². The van der Waals surface area contributed by atoms with Gasteiger partial charge in [-0.3, -0.25) is 10.1 Å². The Balaban J connectivity index is 1.55. The second-order valence-electron chi connectivity index (χ2n) is 4.60. The van der Waals surface area contributed by atoms with Crippen LogP contribution >= 0.6 is 0 Å². The van der Waals surface area contributed by atoms with Gasteiger partial charge in [0.1, 0.15) is 18.8 Å². The lowest BCUT2D eigenvalue weighted by molar-refractivity contribution is -0.652. The molecule has 0 aliphatic heterocycles. The summed E-state index contributed by atoms with van der Waals surface area (Å²) >= 11 is 0. The van der Waals surface area contributed by atoms with E-state index >= 15 is 0 Å². The van der Waals surface area contributed by atoms with E-state index in [0.717, 1.165) is 25.3 Å². The van der Waals surface area contributed by atoms with E-state index in [9.17, 15) is 10.1 Å². The summed E-state index contributed by atoms with van der Waals surface area (Å²) in [4.78, 5) is 10.1. The molecule has 2 aromatic rings. The fraction of sp³-hybridized carbons (Fsp3) is 0.385. The number of nitrogens with two attached hydrogens (primary N) is 1. The quantitative estimate of drug-likeness (QED) is 0.389. The van der Waals surface area contributed by atoms with Crippen molar-refractivity contribution in [1.82, 2.24) is 10.3 Å². The van der Waals surface area contributed by atoms with Crippen LogP contribution in [0.4, 0.5) is 11.4 Å². The van der Waals surface area contributed by atoms with E-state index in [1.54, 1.807) is 19.1 Å². The number of hydrogen-bond donors (Lipinski definition) is 2. The molecular formula is C13H18N5O4+. The molecule has 9 nitrogen and oxygen atoms in total. The predicted molar refractivity (Wildman–Crippen MR) is 77.8 cm³/mol. The topological polar surface area (TPSA) is 120 Å². The number of nitro benzene ring substituents is 1. The average Bonchev–Trinajstić information content (AvgIpc) is 2.92. The van der Waals surface area contributed by atoms with Crippen molar-refractivity contribution in [3.63, 3.8) is 0 Å². The largest absolute Gasteiger partial charge is 0.468 e. The zero-order valence-corrected chi connectivity index (χ0v) is 12.2. The summed E-state index contributed by atoms with van der Waals surface area (Å²) in [6.45, 7) is 4.68. The first-order chi connectivity index (χ1) is 10.7. The van der Waals surface area contributed by atoms with E-state index in [2.05, 4.69) is 25.6 Å². The Morgan fingerprint density at radius 1 is 1.32 bits per heavy atom. The number of aromatic nitrogens is 2. The van der Waals surface area contributed by atoms with Gasteiger partial charge in [-0.25, -0.2) is 4.63 Å². The van der Waals surface area contributed by atoms with Gasteiger partial charge in [0.2, 0.25) is 0 Å². The molecule has 0 atom stereocenters. The van der Waals surface area contributed by atoms with Crippen LogP contribution in [0, 0.1) is 17.0 Å². The molecule has 0 spiro atoms. The average molecular weight is 308 g/mol. The summed E-state index contributed by atoms with van der Waals surface area (Å²) in [5.74, 6) is 0.428. The fourth-order valence-electron chi connectivity index (χ4n) is 1.76. The number of rotatable bonds is 9. The van der Waals surface area contributed by atoms with E-state index < -0.39 is 4.92 Å². The van der Waals surface area contributed by atoms with Gasteiger partial charge >= 0.3 is 0 Å². The molecule has 0 radical (unpaired) electrons. The number of nitrogens with zero attached hydrogens (tertiary/aromatic N) is 3. The summed E-state index contributed by atoms with van der Waals surface area (Å²) in [6, 6.07) is 6.35. The third-order valence-corrected chi connectivity index (χ3v) is 2.93. The molecule has 0 aliphatic rings. The van der Waals surface area contributed by atoms with Crippen molar-refractivity contribution in [2.45, 2.75) is 6.92 Å². The maximum Gasteiger partial charge on any atom is 0.278 e. The van der Waals surface area contributed by atoms with Crippen LogP contribution in [0.5, 0.6) is 5.88 Å². The normalized spacial score (nSPS) is 10.4. The molecule has 1 aromatic carbocycles. The summed E-state index contributed by atoms with van der Waals surface area (Å²) in [5, 5.41) is 23.1. The van der Waals surface area contributed by atoms with E-state index in [-0.39, 0.29) is 5.69 Å². The molecule has 1 heterocycles. The molecule has 3 N–H and O–H groups in total. The van der Waals surface area contributed by atoms with Crippen molar-refractivity contribution in [3.05, 3.63) is 40.1 Å². The standard InChI is InChI=1S/C13H17N5O4/c1-10-13(17-22-16-10)21-9-8-14-6-7-15-11-2-4-12(5-3-11)18(19)20/h2-5,14-15H,6-9H2,1H3/p+1. The van der Waals surface area contributed by atoms with E-state index in [4.69, 9.17) is 4.74 Å². The molecule has 0 unspecified atom stereocenters. The second-order valence-corrected chi connectivity index (χ2v) is 4.60. The molecule has 2 rings (SSSR count). The molecule has 1 aromatic heterocycles. The second kappa shape index (κ2) is 7.93. The van der Waals surface area contributed by atoms with Crippen molar-refractivity contribution in [3.8, 4) is 5.88 Å². The van der Waals surface area contributed by atoms with Crippen molar-refractivity contribution in [1.29, 1.82) is 0 Å². The van der Waals surface area contributed by atoms with Crippen molar-refractivity contribution < 1.29 is 19.6 Å². The van der Waals surface area contributed by atoms with Crippen LogP contribution in [0.2, 0.25) is 0 Å². The highest BCUT2D eigenvalue weighted by Gasteiger charge is 2.06. The number of quaternary nitrogens is 1. The number of nitro groups is 1. The molecule has 9 heteroatoms. The highest BCUT2D eigenvalue weighted by Crippen LogP contribution is 2.14. The number of anilines is 1. The SMILES string of the molecule is Cc1nonc1OCC[NH2+]CCNc1ccc([N+](=O)[O-])cc1. The van der Waals surface area contributed by atoms with Crippen LogP contribution in [0.15, 0.2) is 28.9 Å². The summed E-state index contributed by atoms with van der Waals surface area (Å²) < 4.78 is 9.92. The first-order valence-corrected chi connectivity index (χ1v) is 6.89. The Hall–Kier alpha value is -2.68. The number of non-ortho nitro benzene ring substituents is 1. The lowest BCUT2D eigenvalue weighted by atomic mass is 10.3. The fourth-order valence-corrected chi connectivity index (χ4v) is 1.76. The number of aryl methyl sites for hydroxylation is 1. The predicted octanol–water partition coefficient (Wildman–Crippen LogP) is 0.341. The number of ether oxygens (including phenoxy) is 1. The highest BCUT2D eigenvalue weighted by atomic mass is 16.6. The van der Waals surface area contributed by atoms with Crippen LogP contribution in [0.3, 0.4) is 0 Å². The molecule has 0 saturated carbocycles. The third-order valence-electron chi connectivity index (χ3n) is 2.93. The molecule has 118 valence electrons. The minimum absolute atomic E-state index is 0.0897. The van der Waals surface area contributed by atoms with Crippen molar-refractivity contribution in [2.75, 3.05) is 31.6 Å². The minimum Gasteiger partial charge on any atom is -0.468 e. The van der Waals surface area contributed by atoms with Gasteiger partial charge in [-0.15, -0.1) is 0 Å². The molecule has 22 heavy (non-hydrogen) atoms. The van der Waals surface area contributed by atoms with Gasteiger partial charge in [-0.1, -0.05) is 5.16 Å². The maximum atomic E-state index is 10.5. The van der Waals surface area contributed by atoms with Gasteiger partial charge in [0, 0.05) is 17.8 Å². The Bertz CT molecular complexity index is 599. The number of hydrogen-bond acceptors (Lipinski definition) is 7. The van der Waals surface area contributed by atoms with Crippen LogP contribution < -0.4 is 15.4 Å². The Labute approximate surface area is 126 Å². The summed E-state index contributed by atoms with van der Waals surface area (Å²) in [5.41, 5.74) is 1.59. The van der Waals surface area contributed by atoms with Gasteiger partial charge in [-0.05, 0) is 24.2 Å². The van der Waals surface area contributed by atoms with Crippen LogP contribution in [0.25, 0.3) is 0 Å². The van der Waals surface area contributed by atoms with Gasteiger partial charge < -0.3 is 15.4 Å². The van der Waals surface area contributed by atoms with Gasteiger partial charge in [0.25, 0.3) is 11.6 Å². The minimum atomic E-state index is -0.413. The zero-order chi connectivity index (χ0) is 15.8. The molecule has 0 fully saturated rings. The Morgan fingerprint density at radius 3 is 2.73 bits per heavy atom.